The van der Waals surface area contributed by atoms with Crippen molar-refractivity contribution >= 4 is 5.91 Å². The van der Waals surface area contributed by atoms with Gasteiger partial charge in [-0.1, -0.05) is 17.3 Å². The van der Waals surface area contributed by atoms with E-state index in [1.165, 1.54) is 0 Å². The summed E-state index contributed by atoms with van der Waals surface area (Å²) >= 11 is 0. The first kappa shape index (κ1) is 13.3. The lowest BCUT2D eigenvalue weighted by Crippen LogP contribution is -2.15. The third-order valence-electron chi connectivity index (χ3n) is 3.02. The number of carbonyl (C=O) groups is 1. The number of amides is 1. The van der Waals surface area contributed by atoms with Crippen LogP contribution in [0, 0.1) is 13.8 Å². The Hall–Kier alpha value is -2.14. The molecular formula is C14H17N3O2. The van der Waals surface area contributed by atoms with Crippen LogP contribution in [0.2, 0.25) is 0 Å². The van der Waals surface area contributed by atoms with E-state index < -0.39 is 5.91 Å². The third-order valence-corrected chi connectivity index (χ3v) is 3.02. The fourth-order valence-electron chi connectivity index (χ4n) is 1.92. The van der Waals surface area contributed by atoms with Crippen molar-refractivity contribution in [1.82, 2.24) is 10.5 Å². The zero-order chi connectivity index (χ0) is 13.8. The molecule has 1 amide bonds. The number of primary amides is 1. The smallest absolute Gasteiger partial charge is 0.248 e. The van der Waals surface area contributed by atoms with E-state index in [0.29, 0.717) is 18.7 Å². The molecule has 0 saturated carbocycles. The van der Waals surface area contributed by atoms with Crippen molar-refractivity contribution in [3.8, 4) is 0 Å². The Morgan fingerprint density at radius 1 is 1.37 bits per heavy atom. The van der Waals surface area contributed by atoms with Crippen LogP contribution in [0.25, 0.3) is 0 Å². The normalized spacial score (nSPS) is 10.6. The number of nitrogens with zero attached hydrogens (tertiary/aromatic N) is 1. The lowest BCUT2D eigenvalue weighted by atomic mass is 10.1. The van der Waals surface area contributed by atoms with Gasteiger partial charge in [-0.05, 0) is 31.5 Å². The molecule has 1 heterocycles. The average Bonchev–Trinajstić information content (AvgIpc) is 2.71. The van der Waals surface area contributed by atoms with E-state index in [4.69, 9.17) is 10.3 Å². The molecule has 0 fully saturated rings. The van der Waals surface area contributed by atoms with Gasteiger partial charge in [-0.2, -0.15) is 0 Å². The first-order valence-electron chi connectivity index (χ1n) is 6.09. The van der Waals surface area contributed by atoms with Crippen LogP contribution in [-0.2, 0) is 13.1 Å². The summed E-state index contributed by atoms with van der Waals surface area (Å²) in [5.41, 5.74) is 8.76. The maximum absolute atomic E-state index is 11.1. The minimum absolute atomic E-state index is 0.410. The van der Waals surface area contributed by atoms with Gasteiger partial charge in [-0.25, -0.2) is 0 Å². The molecule has 1 aromatic carbocycles. The largest absolute Gasteiger partial charge is 0.366 e. The van der Waals surface area contributed by atoms with Crippen molar-refractivity contribution in [2.45, 2.75) is 26.9 Å². The molecule has 5 heteroatoms. The molecule has 0 spiro atoms. The number of nitrogens with two attached hydrogens (primary N) is 1. The molecule has 3 N–H and O–H groups in total. The molecule has 0 aliphatic heterocycles. The number of rotatable bonds is 5. The molecule has 5 nitrogen and oxygen atoms in total. The summed E-state index contributed by atoms with van der Waals surface area (Å²) in [6.45, 7) is 5.15. The molecule has 0 aliphatic carbocycles. The Morgan fingerprint density at radius 3 is 2.79 bits per heavy atom. The van der Waals surface area contributed by atoms with Crippen LogP contribution in [0.1, 0.15) is 32.9 Å². The van der Waals surface area contributed by atoms with Crippen molar-refractivity contribution in [1.29, 1.82) is 0 Å². The second kappa shape index (κ2) is 5.67. The van der Waals surface area contributed by atoms with Crippen molar-refractivity contribution in [3.05, 3.63) is 52.4 Å². The van der Waals surface area contributed by atoms with E-state index in [0.717, 1.165) is 22.6 Å². The van der Waals surface area contributed by atoms with E-state index in [1.807, 2.05) is 26.0 Å². The molecular weight excluding hydrogens is 242 g/mol. The predicted octanol–water partition coefficient (Wildman–Crippen LogP) is 1.68. The van der Waals surface area contributed by atoms with Crippen molar-refractivity contribution in [2.75, 3.05) is 0 Å². The summed E-state index contributed by atoms with van der Waals surface area (Å²) in [4.78, 5) is 11.1. The van der Waals surface area contributed by atoms with Gasteiger partial charge >= 0.3 is 0 Å². The Balaban J connectivity index is 1.96. The Kier molecular flexibility index (Phi) is 3.97. The van der Waals surface area contributed by atoms with Gasteiger partial charge in [0.2, 0.25) is 5.91 Å². The highest BCUT2D eigenvalue weighted by Crippen LogP contribution is 2.12. The molecule has 19 heavy (non-hydrogen) atoms. The minimum atomic E-state index is -0.410. The summed E-state index contributed by atoms with van der Waals surface area (Å²) in [6.07, 6.45) is 0. The quantitative estimate of drug-likeness (QED) is 0.856. The van der Waals surface area contributed by atoms with Crippen molar-refractivity contribution < 1.29 is 9.32 Å². The standard InChI is InChI=1S/C14H17N3O2/c1-9-13(10(2)19-17-9)8-16-7-11-4-3-5-12(6-11)14(15)18/h3-6,16H,7-8H2,1-2H3,(H2,15,18). The van der Waals surface area contributed by atoms with Gasteiger partial charge in [0.25, 0.3) is 0 Å². The maximum Gasteiger partial charge on any atom is 0.248 e. The predicted molar refractivity (Wildman–Crippen MR) is 71.5 cm³/mol. The van der Waals surface area contributed by atoms with Gasteiger partial charge < -0.3 is 15.6 Å². The molecule has 1 aromatic heterocycles. The number of aryl methyl sites for hydroxylation is 2. The van der Waals surface area contributed by atoms with E-state index in [-0.39, 0.29) is 0 Å². The molecule has 0 unspecified atom stereocenters. The minimum Gasteiger partial charge on any atom is -0.366 e. The van der Waals surface area contributed by atoms with Gasteiger partial charge in [-0.3, -0.25) is 4.79 Å². The van der Waals surface area contributed by atoms with E-state index in [2.05, 4.69) is 10.5 Å². The Morgan fingerprint density at radius 2 is 2.16 bits per heavy atom. The molecule has 0 radical (unpaired) electrons. The van der Waals surface area contributed by atoms with Crippen LogP contribution in [0.15, 0.2) is 28.8 Å². The van der Waals surface area contributed by atoms with Gasteiger partial charge in [0.15, 0.2) is 0 Å². The first-order valence-corrected chi connectivity index (χ1v) is 6.09. The number of carbonyl (C=O) groups excluding carboxylic acids is 1. The van der Waals surface area contributed by atoms with Crippen LogP contribution in [0.3, 0.4) is 0 Å². The van der Waals surface area contributed by atoms with E-state index in [9.17, 15) is 4.79 Å². The summed E-state index contributed by atoms with van der Waals surface area (Å²) in [6, 6.07) is 7.28. The van der Waals surface area contributed by atoms with Crippen LogP contribution in [0.4, 0.5) is 0 Å². The summed E-state index contributed by atoms with van der Waals surface area (Å²) in [5.74, 6) is 0.420. The topological polar surface area (TPSA) is 81.2 Å². The summed E-state index contributed by atoms with van der Waals surface area (Å²) < 4.78 is 5.10. The van der Waals surface area contributed by atoms with Crippen LogP contribution >= 0.6 is 0 Å². The number of hydrogen-bond acceptors (Lipinski definition) is 4. The highest BCUT2D eigenvalue weighted by molar-refractivity contribution is 5.92. The Bertz CT molecular complexity index is 571. The molecule has 0 atom stereocenters. The van der Waals surface area contributed by atoms with Gasteiger partial charge in [0.1, 0.15) is 5.76 Å². The highest BCUT2D eigenvalue weighted by atomic mass is 16.5. The summed E-state index contributed by atoms with van der Waals surface area (Å²) in [7, 11) is 0. The third kappa shape index (κ3) is 3.20. The van der Waals surface area contributed by atoms with Crippen LogP contribution < -0.4 is 11.1 Å². The molecule has 100 valence electrons. The fourth-order valence-corrected chi connectivity index (χ4v) is 1.92. The Labute approximate surface area is 111 Å². The lowest BCUT2D eigenvalue weighted by Gasteiger charge is -2.05. The van der Waals surface area contributed by atoms with Gasteiger partial charge in [0, 0.05) is 24.2 Å². The van der Waals surface area contributed by atoms with Gasteiger partial charge in [-0.15, -0.1) is 0 Å². The second-order valence-electron chi connectivity index (χ2n) is 4.47. The van der Waals surface area contributed by atoms with Crippen LogP contribution in [-0.4, -0.2) is 11.1 Å². The fraction of sp³-hybridized carbons (Fsp3) is 0.286. The van der Waals surface area contributed by atoms with Crippen molar-refractivity contribution in [3.63, 3.8) is 0 Å². The monoisotopic (exact) mass is 259 g/mol. The molecule has 0 bridgehead atoms. The average molecular weight is 259 g/mol. The highest BCUT2D eigenvalue weighted by Gasteiger charge is 2.08. The first-order chi connectivity index (χ1) is 9.08. The molecule has 0 aliphatic rings. The molecule has 2 rings (SSSR count). The van der Waals surface area contributed by atoms with Crippen LogP contribution in [0.5, 0.6) is 0 Å². The SMILES string of the molecule is Cc1noc(C)c1CNCc1cccc(C(N)=O)c1. The van der Waals surface area contributed by atoms with E-state index >= 15 is 0 Å². The number of aromatic nitrogens is 1. The second-order valence-corrected chi connectivity index (χ2v) is 4.47. The zero-order valence-corrected chi connectivity index (χ0v) is 11.1. The number of hydrogen-bond donors (Lipinski definition) is 2. The lowest BCUT2D eigenvalue weighted by molar-refractivity contribution is 0.1000. The number of nitrogens with one attached hydrogen (secondary N) is 1. The molecule has 2 aromatic rings. The van der Waals surface area contributed by atoms with Crippen molar-refractivity contribution in [2.24, 2.45) is 5.73 Å². The number of benzene rings is 1. The van der Waals surface area contributed by atoms with Gasteiger partial charge in [0.05, 0.1) is 5.69 Å². The maximum atomic E-state index is 11.1. The molecule has 0 saturated heterocycles. The van der Waals surface area contributed by atoms with E-state index in [1.54, 1.807) is 12.1 Å². The summed E-state index contributed by atoms with van der Waals surface area (Å²) in [5, 5.41) is 7.20. The zero-order valence-electron chi connectivity index (χ0n) is 11.1.